The Morgan fingerprint density at radius 3 is 2.82 bits per heavy atom. The lowest BCUT2D eigenvalue weighted by molar-refractivity contribution is 0.160. The summed E-state index contributed by atoms with van der Waals surface area (Å²) in [6.07, 6.45) is 5.56. The zero-order valence-corrected chi connectivity index (χ0v) is 12.4. The van der Waals surface area contributed by atoms with Gasteiger partial charge in [0.2, 0.25) is 0 Å². The van der Waals surface area contributed by atoms with Crippen LogP contribution in [0.4, 0.5) is 5.82 Å². The van der Waals surface area contributed by atoms with Crippen molar-refractivity contribution in [2.75, 3.05) is 11.9 Å². The molecule has 7 heteroatoms. The highest BCUT2D eigenvalue weighted by molar-refractivity contribution is 5.83. The van der Waals surface area contributed by atoms with Gasteiger partial charge in [-0.05, 0) is 37.3 Å². The molecule has 2 aromatic rings. The maximum absolute atomic E-state index is 10.4. The highest BCUT2D eigenvalue weighted by Crippen LogP contribution is 2.37. The minimum Gasteiger partial charge on any atom is -0.392 e. The van der Waals surface area contributed by atoms with Crippen molar-refractivity contribution in [2.45, 2.75) is 44.4 Å². The van der Waals surface area contributed by atoms with Crippen LogP contribution in [0.15, 0.2) is 23.8 Å². The summed E-state index contributed by atoms with van der Waals surface area (Å²) in [6, 6.07) is 0.320. The lowest BCUT2D eigenvalue weighted by atomic mass is 10.1. The molecule has 2 aliphatic rings. The number of fused-ring (bicyclic) bond motifs is 1. The molecule has 3 N–H and O–H groups in total. The molecule has 0 radical (unpaired) electrons. The molecule has 1 fully saturated rings. The molecule has 0 bridgehead atoms. The van der Waals surface area contributed by atoms with Gasteiger partial charge in [-0.3, -0.25) is 0 Å². The lowest BCUT2D eigenvalue weighted by Gasteiger charge is -2.18. The third-order valence-electron chi connectivity index (χ3n) is 4.65. The third-order valence-corrected chi connectivity index (χ3v) is 4.65. The van der Waals surface area contributed by atoms with Crippen molar-refractivity contribution in [1.82, 2.24) is 19.5 Å². The Labute approximate surface area is 127 Å². The smallest absolute Gasteiger partial charge is 0.165 e. The van der Waals surface area contributed by atoms with Gasteiger partial charge in [0, 0.05) is 6.04 Å². The normalized spacial score (nSPS) is 25.2. The highest BCUT2D eigenvalue weighted by Gasteiger charge is 2.33. The number of hydrogen-bond acceptors (Lipinski definition) is 6. The van der Waals surface area contributed by atoms with E-state index < -0.39 is 6.10 Å². The molecule has 0 spiro atoms. The van der Waals surface area contributed by atoms with Gasteiger partial charge in [-0.25, -0.2) is 15.0 Å². The molecule has 0 aliphatic heterocycles. The van der Waals surface area contributed by atoms with E-state index >= 15 is 0 Å². The Morgan fingerprint density at radius 1 is 1.32 bits per heavy atom. The average Bonchev–Trinajstić information content (AvgIpc) is 3.16. The van der Waals surface area contributed by atoms with Crippen molar-refractivity contribution in [3.05, 3.63) is 23.8 Å². The SMILES string of the molecule is CC1=C(CO)C[C@H](n2cnc3c(NC4CC4)ncnc32)[C@@H]1O. The number of hydrogen-bond donors (Lipinski definition) is 3. The standard InChI is InChI=1S/C15H19N5O2/c1-8-9(5-21)4-11(13(8)22)20-7-18-12-14(19-10-2-3-10)16-6-17-15(12)20/h6-7,10-11,13,21-22H,2-5H2,1H3,(H,16,17,19)/t11-,13+/m0/s1. The average molecular weight is 301 g/mol. The van der Waals surface area contributed by atoms with Gasteiger partial charge in [0.25, 0.3) is 0 Å². The van der Waals surface area contributed by atoms with Crippen LogP contribution in [0.1, 0.15) is 32.2 Å². The summed E-state index contributed by atoms with van der Waals surface area (Å²) in [4.78, 5) is 13.1. The number of imidazole rings is 1. The van der Waals surface area contributed by atoms with Crippen molar-refractivity contribution in [3.8, 4) is 0 Å². The van der Waals surface area contributed by atoms with Gasteiger partial charge in [0.05, 0.1) is 25.1 Å². The Hall–Kier alpha value is -1.99. The maximum atomic E-state index is 10.4. The Kier molecular flexibility index (Phi) is 3.12. The first-order valence-corrected chi connectivity index (χ1v) is 7.60. The van der Waals surface area contributed by atoms with Gasteiger partial charge < -0.3 is 20.1 Å². The van der Waals surface area contributed by atoms with E-state index in [4.69, 9.17) is 0 Å². The molecule has 0 unspecified atom stereocenters. The summed E-state index contributed by atoms with van der Waals surface area (Å²) < 4.78 is 1.89. The van der Waals surface area contributed by atoms with Crippen LogP contribution >= 0.6 is 0 Å². The molecule has 4 rings (SSSR count). The van der Waals surface area contributed by atoms with Crippen molar-refractivity contribution in [1.29, 1.82) is 0 Å². The monoisotopic (exact) mass is 301 g/mol. The molecule has 0 saturated heterocycles. The van der Waals surface area contributed by atoms with Crippen LogP contribution in [0.2, 0.25) is 0 Å². The van der Waals surface area contributed by atoms with E-state index in [2.05, 4.69) is 20.3 Å². The van der Waals surface area contributed by atoms with Crippen LogP contribution in [-0.2, 0) is 0 Å². The summed E-state index contributed by atoms with van der Waals surface area (Å²) in [5, 5.41) is 23.2. The van der Waals surface area contributed by atoms with Crippen molar-refractivity contribution in [3.63, 3.8) is 0 Å². The van der Waals surface area contributed by atoms with Gasteiger partial charge in [-0.2, -0.15) is 0 Å². The van der Waals surface area contributed by atoms with E-state index in [1.54, 1.807) is 6.33 Å². The zero-order valence-electron chi connectivity index (χ0n) is 12.4. The topological polar surface area (TPSA) is 96.1 Å². The van der Waals surface area contributed by atoms with Crippen molar-refractivity contribution < 1.29 is 10.2 Å². The number of aliphatic hydroxyl groups excluding tert-OH is 2. The van der Waals surface area contributed by atoms with Crippen LogP contribution in [-0.4, -0.2) is 48.5 Å². The summed E-state index contributed by atoms with van der Waals surface area (Å²) in [6.45, 7) is 1.85. The maximum Gasteiger partial charge on any atom is 0.165 e. The van der Waals surface area contributed by atoms with E-state index in [9.17, 15) is 10.2 Å². The van der Waals surface area contributed by atoms with Gasteiger partial charge in [0.1, 0.15) is 11.8 Å². The number of nitrogens with one attached hydrogen (secondary N) is 1. The predicted molar refractivity (Wildman–Crippen MR) is 81.4 cm³/mol. The molecular formula is C15H19N5O2. The Morgan fingerprint density at radius 2 is 2.14 bits per heavy atom. The fourth-order valence-electron chi connectivity index (χ4n) is 3.08. The van der Waals surface area contributed by atoms with Crippen LogP contribution in [0.5, 0.6) is 0 Å². The molecular weight excluding hydrogens is 282 g/mol. The molecule has 2 atom stereocenters. The second kappa shape index (κ2) is 5.03. The minimum absolute atomic E-state index is 0.0184. The number of anilines is 1. The van der Waals surface area contributed by atoms with Gasteiger partial charge in [-0.15, -0.1) is 0 Å². The number of nitrogens with zero attached hydrogens (tertiary/aromatic N) is 4. The van der Waals surface area contributed by atoms with E-state index in [1.165, 1.54) is 6.33 Å². The summed E-state index contributed by atoms with van der Waals surface area (Å²) in [7, 11) is 0. The molecule has 0 amide bonds. The molecule has 22 heavy (non-hydrogen) atoms. The van der Waals surface area contributed by atoms with E-state index in [0.717, 1.165) is 35.3 Å². The Bertz CT molecular complexity index is 749. The summed E-state index contributed by atoms with van der Waals surface area (Å²) in [5.41, 5.74) is 3.19. The van der Waals surface area contributed by atoms with Crippen LogP contribution in [0, 0.1) is 0 Å². The molecule has 2 aliphatic carbocycles. The van der Waals surface area contributed by atoms with Crippen molar-refractivity contribution >= 4 is 17.0 Å². The van der Waals surface area contributed by atoms with Crippen LogP contribution in [0.25, 0.3) is 11.2 Å². The largest absolute Gasteiger partial charge is 0.392 e. The second-order valence-corrected chi connectivity index (χ2v) is 6.13. The highest BCUT2D eigenvalue weighted by atomic mass is 16.3. The Balaban J connectivity index is 1.71. The first-order valence-electron chi connectivity index (χ1n) is 7.60. The predicted octanol–water partition coefficient (Wildman–Crippen LogP) is 1.02. The summed E-state index contributed by atoms with van der Waals surface area (Å²) in [5.74, 6) is 0.755. The first-order chi connectivity index (χ1) is 10.7. The van der Waals surface area contributed by atoms with Gasteiger partial charge >= 0.3 is 0 Å². The molecule has 1 saturated carbocycles. The van der Waals surface area contributed by atoms with Gasteiger partial charge in [0.15, 0.2) is 11.5 Å². The number of aliphatic hydroxyl groups is 2. The molecule has 2 heterocycles. The van der Waals surface area contributed by atoms with Crippen LogP contribution < -0.4 is 5.32 Å². The number of rotatable bonds is 4. The zero-order chi connectivity index (χ0) is 15.3. The molecule has 116 valence electrons. The fraction of sp³-hybridized carbons (Fsp3) is 0.533. The van der Waals surface area contributed by atoms with E-state index in [-0.39, 0.29) is 12.6 Å². The summed E-state index contributed by atoms with van der Waals surface area (Å²) >= 11 is 0. The quantitative estimate of drug-likeness (QED) is 0.730. The molecule has 0 aromatic carbocycles. The molecule has 2 aromatic heterocycles. The van der Waals surface area contributed by atoms with Gasteiger partial charge in [-0.1, -0.05) is 0 Å². The fourth-order valence-corrected chi connectivity index (χ4v) is 3.08. The third kappa shape index (κ3) is 2.08. The number of aromatic nitrogens is 4. The minimum atomic E-state index is -0.616. The second-order valence-electron chi connectivity index (χ2n) is 6.13. The van der Waals surface area contributed by atoms with Crippen LogP contribution in [0.3, 0.4) is 0 Å². The van der Waals surface area contributed by atoms with Crippen molar-refractivity contribution in [2.24, 2.45) is 0 Å². The van der Waals surface area contributed by atoms with E-state index in [1.807, 2.05) is 11.5 Å². The van der Waals surface area contributed by atoms with E-state index in [0.29, 0.717) is 18.1 Å². The first kappa shape index (κ1) is 13.7. The molecule has 7 nitrogen and oxygen atoms in total. The lowest BCUT2D eigenvalue weighted by Crippen LogP contribution is -2.20.